The Morgan fingerprint density at radius 2 is 2.25 bits per heavy atom. The van der Waals surface area contributed by atoms with Crippen LogP contribution in [-0.4, -0.2) is 41.5 Å². The number of likely N-dealkylation sites (N-methyl/N-ethyl adjacent to an activating group) is 1. The summed E-state index contributed by atoms with van der Waals surface area (Å²) in [4.78, 5) is 18.4. The largest absolute Gasteiger partial charge is 0.349 e. The summed E-state index contributed by atoms with van der Waals surface area (Å²) in [5, 5.41) is 5.47. The number of aromatic nitrogens is 1. The number of carbonyl (C=O) groups excluding carboxylic acids is 1. The average molecular weight is 341 g/mol. The van der Waals surface area contributed by atoms with Crippen molar-refractivity contribution in [2.45, 2.75) is 32.4 Å². The molecule has 5 nitrogen and oxygen atoms in total. The molecule has 0 atom stereocenters. The molecule has 0 unspecified atom stereocenters. The van der Waals surface area contributed by atoms with Gasteiger partial charge in [0.05, 0.1) is 0 Å². The van der Waals surface area contributed by atoms with E-state index in [1.54, 1.807) is 5.38 Å². The van der Waals surface area contributed by atoms with Gasteiger partial charge in [0, 0.05) is 31.1 Å². The summed E-state index contributed by atoms with van der Waals surface area (Å²) >= 11 is 1.43. The molecule has 1 aliphatic carbocycles. The van der Waals surface area contributed by atoms with Gasteiger partial charge in [-0.1, -0.05) is 6.92 Å². The Morgan fingerprint density at radius 3 is 2.75 bits per heavy atom. The topological polar surface area (TPSA) is 71.2 Å². The lowest BCUT2D eigenvalue weighted by atomic mass is 10.4. The molecule has 8 heteroatoms. The molecule has 1 heterocycles. The molecule has 1 amide bonds. The first kappa shape index (κ1) is 19.6. The molecule has 1 aromatic rings. The van der Waals surface area contributed by atoms with Gasteiger partial charge in [-0.2, -0.15) is 0 Å². The number of rotatable bonds is 7. The maximum absolute atomic E-state index is 11.8. The number of amides is 1. The SMILES string of the molecule is CCN(CCNC(=O)c1csc(CN)n1)C1CC1.Cl.Cl. The molecule has 3 N–H and O–H groups in total. The molecule has 0 bridgehead atoms. The van der Waals surface area contributed by atoms with Crippen molar-refractivity contribution in [1.82, 2.24) is 15.2 Å². The van der Waals surface area contributed by atoms with Gasteiger partial charge >= 0.3 is 0 Å². The number of nitrogens with zero attached hydrogens (tertiary/aromatic N) is 2. The summed E-state index contributed by atoms with van der Waals surface area (Å²) in [6.07, 6.45) is 2.60. The first-order chi connectivity index (χ1) is 8.74. The number of carbonyl (C=O) groups is 1. The number of hydrogen-bond donors (Lipinski definition) is 2. The van der Waals surface area contributed by atoms with E-state index in [1.807, 2.05) is 0 Å². The van der Waals surface area contributed by atoms with Crippen LogP contribution in [0.4, 0.5) is 0 Å². The lowest BCUT2D eigenvalue weighted by Gasteiger charge is -2.19. The molecule has 1 fully saturated rings. The molecule has 20 heavy (non-hydrogen) atoms. The van der Waals surface area contributed by atoms with Crippen molar-refractivity contribution < 1.29 is 4.79 Å². The summed E-state index contributed by atoms with van der Waals surface area (Å²) in [5.41, 5.74) is 5.95. The number of nitrogens with two attached hydrogens (primary N) is 1. The van der Waals surface area contributed by atoms with E-state index in [-0.39, 0.29) is 30.7 Å². The minimum Gasteiger partial charge on any atom is -0.349 e. The van der Waals surface area contributed by atoms with Crippen LogP contribution in [0.3, 0.4) is 0 Å². The predicted molar refractivity (Wildman–Crippen MR) is 87.1 cm³/mol. The summed E-state index contributed by atoms with van der Waals surface area (Å²) in [6, 6.07) is 0.745. The van der Waals surface area contributed by atoms with Crippen molar-refractivity contribution in [2.75, 3.05) is 19.6 Å². The van der Waals surface area contributed by atoms with E-state index in [0.717, 1.165) is 24.1 Å². The van der Waals surface area contributed by atoms with Crippen LogP contribution in [-0.2, 0) is 6.54 Å². The minimum atomic E-state index is -0.0993. The average Bonchev–Trinajstić information content (AvgIpc) is 3.10. The van der Waals surface area contributed by atoms with E-state index in [9.17, 15) is 4.79 Å². The van der Waals surface area contributed by atoms with E-state index < -0.39 is 0 Å². The molecule has 0 saturated heterocycles. The number of nitrogens with one attached hydrogen (secondary N) is 1. The normalized spacial score (nSPS) is 13.6. The van der Waals surface area contributed by atoms with Crippen molar-refractivity contribution in [3.63, 3.8) is 0 Å². The third kappa shape index (κ3) is 5.54. The second-order valence-corrected chi connectivity index (χ2v) is 5.39. The highest BCUT2D eigenvalue weighted by Crippen LogP contribution is 2.25. The van der Waals surface area contributed by atoms with Gasteiger partial charge in [-0.25, -0.2) is 4.98 Å². The van der Waals surface area contributed by atoms with Crippen molar-refractivity contribution in [3.05, 3.63) is 16.1 Å². The van der Waals surface area contributed by atoms with Crippen molar-refractivity contribution in [3.8, 4) is 0 Å². The van der Waals surface area contributed by atoms with E-state index in [1.165, 1.54) is 24.2 Å². The molecular weight excluding hydrogens is 319 g/mol. The fraction of sp³-hybridized carbons (Fsp3) is 0.667. The second-order valence-electron chi connectivity index (χ2n) is 4.45. The van der Waals surface area contributed by atoms with E-state index in [2.05, 4.69) is 22.1 Å². The molecule has 0 aromatic carbocycles. The van der Waals surface area contributed by atoms with Gasteiger partial charge in [0.2, 0.25) is 0 Å². The molecule has 1 aliphatic rings. The molecular formula is C12H22Cl2N4OS. The van der Waals surface area contributed by atoms with Crippen molar-refractivity contribution >= 4 is 42.1 Å². The lowest BCUT2D eigenvalue weighted by Crippen LogP contribution is -2.36. The number of thiazole rings is 1. The Kier molecular flexibility index (Phi) is 9.33. The highest BCUT2D eigenvalue weighted by molar-refractivity contribution is 7.09. The molecule has 0 spiro atoms. The summed E-state index contributed by atoms with van der Waals surface area (Å²) in [7, 11) is 0. The maximum atomic E-state index is 11.8. The van der Waals surface area contributed by atoms with Crippen LogP contribution < -0.4 is 11.1 Å². The second kappa shape index (κ2) is 9.52. The van der Waals surface area contributed by atoms with Crippen LogP contribution in [0, 0.1) is 0 Å². The van der Waals surface area contributed by atoms with Gasteiger partial charge in [0.25, 0.3) is 5.91 Å². The Hall–Kier alpha value is -0.400. The first-order valence-electron chi connectivity index (χ1n) is 6.41. The van der Waals surface area contributed by atoms with Crippen molar-refractivity contribution in [1.29, 1.82) is 0 Å². The van der Waals surface area contributed by atoms with Gasteiger partial charge < -0.3 is 11.1 Å². The van der Waals surface area contributed by atoms with Crippen LogP contribution in [0.2, 0.25) is 0 Å². The Labute approximate surface area is 136 Å². The Morgan fingerprint density at radius 1 is 1.55 bits per heavy atom. The van der Waals surface area contributed by atoms with Crippen LogP contribution in [0.15, 0.2) is 5.38 Å². The minimum absolute atomic E-state index is 0. The van der Waals surface area contributed by atoms with Gasteiger partial charge in [-0.3, -0.25) is 9.69 Å². The molecule has 2 rings (SSSR count). The van der Waals surface area contributed by atoms with Crippen LogP contribution in [0.5, 0.6) is 0 Å². The molecule has 0 radical (unpaired) electrons. The standard InChI is InChI=1S/C12H20N4OS.2ClH/c1-2-16(9-3-4-9)6-5-14-12(17)10-8-18-11(7-13)15-10;;/h8-9H,2-7,13H2,1H3,(H,14,17);2*1H. The highest BCUT2D eigenvalue weighted by atomic mass is 35.5. The Balaban J connectivity index is 0.00000180. The fourth-order valence-electron chi connectivity index (χ4n) is 1.95. The highest BCUT2D eigenvalue weighted by Gasteiger charge is 2.27. The van der Waals surface area contributed by atoms with Gasteiger partial charge in [0.15, 0.2) is 0 Å². The zero-order valence-corrected chi connectivity index (χ0v) is 14.0. The Bertz CT molecular complexity index is 412. The zero-order chi connectivity index (χ0) is 13.0. The summed E-state index contributed by atoms with van der Waals surface area (Å²) in [5.74, 6) is -0.0993. The van der Waals surface area contributed by atoms with E-state index in [0.29, 0.717) is 18.8 Å². The van der Waals surface area contributed by atoms with Gasteiger partial charge in [0.1, 0.15) is 10.7 Å². The molecule has 1 aromatic heterocycles. The third-order valence-electron chi connectivity index (χ3n) is 3.11. The fourth-order valence-corrected chi connectivity index (χ4v) is 2.61. The van der Waals surface area contributed by atoms with Gasteiger partial charge in [-0.05, 0) is 19.4 Å². The van der Waals surface area contributed by atoms with Gasteiger partial charge in [-0.15, -0.1) is 36.2 Å². The quantitative estimate of drug-likeness (QED) is 0.791. The van der Waals surface area contributed by atoms with Crippen LogP contribution in [0.25, 0.3) is 0 Å². The smallest absolute Gasteiger partial charge is 0.270 e. The van der Waals surface area contributed by atoms with E-state index >= 15 is 0 Å². The molecule has 1 saturated carbocycles. The zero-order valence-electron chi connectivity index (χ0n) is 11.5. The predicted octanol–water partition coefficient (Wildman–Crippen LogP) is 1.66. The molecule has 0 aliphatic heterocycles. The summed E-state index contributed by atoms with van der Waals surface area (Å²) < 4.78 is 0. The van der Waals surface area contributed by atoms with Crippen molar-refractivity contribution in [2.24, 2.45) is 5.73 Å². The van der Waals surface area contributed by atoms with Crippen LogP contribution in [0.1, 0.15) is 35.3 Å². The third-order valence-corrected chi connectivity index (χ3v) is 3.98. The lowest BCUT2D eigenvalue weighted by molar-refractivity contribution is 0.0943. The summed E-state index contributed by atoms with van der Waals surface area (Å²) in [6.45, 7) is 5.20. The first-order valence-corrected chi connectivity index (χ1v) is 7.29. The maximum Gasteiger partial charge on any atom is 0.270 e. The number of hydrogen-bond acceptors (Lipinski definition) is 5. The monoisotopic (exact) mass is 340 g/mol. The van der Waals surface area contributed by atoms with E-state index in [4.69, 9.17) is 5.73 Å². The molecule has 116 valence electrons. The van der Waals surface area contributed by atoms with Crippen LogP contribution >= 0.6 is 36.2 Å². The number of halogens is 2.